The first-order chi connectivity index (χ1) is 16.7. The standard InChI is InChI=1S/C28H32O8/c1-7-9-11-13-16(29)18-20-21(28(6)22(31)15(3)24(33)36-28)19(17(30)14-12-10-8-2)26(4,23(18)32)25(34)27(20,5)35/h7-14,19-21,29,31,35H,1-6H3/b9-7+,10-8+,13-11+,14-12+,18-16-/t19?,20?,21-,26-,27+,28+/m1/s1. The number of aliphatic hydroxyl groups excluding tert-OH is 2. The Bertz CT molecular complexity index is 1210. The molecule has 0 saturated heterocycles. The molecule has 0 amide bonds. The maximum Gasteiger partial charge on any atom is 0.338 e. The average Bonchev–Trinajstić information content (AvgIpc) is 3.01. The largest absolute Gasteiger partial charge is 0.508 e. The van der Waals surface area contributed by atoms with Gasteiger partial charge in [-0.3, -0.25) is 14.4 Å². The molecule has 0 aromatic rings. The molecule has 0 radical (unpaired) electrons. The molecule has 3 saturated carbocycles. The van der Waals surface area contributed by atoms with Crippen LogP contribution >= 0.6 is 0 Å². The zero-order valence-electron chi connectivity index (χ0n) is 21.2. The minimum Gasteiger partial charge on any atom is -0.508 e. The van der Waals surface area contributed by atoms with Gasteiger partial charge < -0.3 is 20.1 Å². The zero-order valence-corrected chi connectivity index (χ0v) is 21.2. The number of carbonyl (C=O) groups is 4. The second-order valence-corrected chi connectivity index (χ2v) is 9.93. The predicted octanol–water partition coefficient (Wildman–Crippen LogP) is 3.55. The molecule has 1 aliphatic heterocycles. The van der Waals surface area contributed by atoms with Gasteiger partial charge in [-0.1, -0.05) is 36.5 Å². The van der Waals surface area contributed by atoms with Crippen molar-refractivity contribution < 1.29 is 39.2 Å². The normalized spacial score (nSPS) is 38.4. The summed E-state index contributed by atoms with van der Waals surface area (Å²) in [5.74, 6) is -8.17. The van der Waals surface area contributed by atoms with Gasteiger partial charge in [0.15, 0.2) is 23.0 Å². The molecule has 6 atom stereocenters. The molecule has 0 spiro atoms. The fourth-order valence-electron chi connectivity index (χ4n) is 5.93. The summed E-state index contributed by atoms with van der Waals surface area (Å²) >= 11 is 0. The van der Waals surface area contributed by atoms with Crippen molar-refractivity contribution in [1.82, 2.24) is 0 Å². The van der Waals surface area contributed by atoms with Crippen molar-refractivity contribution in [3.8, 4) is 0 Å². The highest BCUT2D eigenvalue weighted by molar-refractivity contribution is 6.24. The number of carbonyl (C=O) groups excluding carboxylic acids is 4. The average molecular weight is 497 g/mol. The molecule has 8 heteroatoms. The first kappa shape index (κ1) is 27.1. The van der Waals surface area contributed by atoms with Gasteiger partial charge in [0.2, 0.25) is 0 Å². The van der Waals surface area contributed by atoms with Gasteiger partial charge >= 0.3 is 5.97 Å². The highest BCUT2D eigenvalue weighted by Gasteiger charge is 2.77. The molecule has 4 aliphatic rings. The Kier molecular flexibility index (Phi) is 6.89. The van der Waals surface area contributed by atoms with E-state index in [1.165, 1.54) is 52.0 Å². The van der Waals surface area contributed by atoms with Crippen LogP contribution in [0.4, 0.5) is 0 Å². The Hall–Kier alpha value is -3.52. The van der Waals surface area contributed by atoms with Crippen LogP contribution in [0, 0.1) is 23.2 Å². The molecule has 2 unspecified atom stereocenters. The lowest BCUT2D eigenvalue weighted by molar-refractivity contribution is -0.203. The van der Waals surface area contributed by atoms with Crippen LogP contribution in [0.5, 0.6) is 0 Å². The van der Waals surface area contributed by atoms with Crippen LogP contribution in [-0.2, 0) is 23.9 Å². The molecule has 0 aromatic heterocycles. The quantitative estimate of drug-likeness (QED) is 0.167. The van der Waals surface area contributed by atoms with Gasteiger partial charge in [-0.15, -0.1) is 0 Å². The van der Waals surface area contributed by atoms with E-state index in [-0.39, 0.29) is 11.1 Å². The summed E-state index contributed by atoms with van der Waals surface area (Å²) in [4.78, 5) is 53.5. The fourth-order valence-corrected chi connectivity index (χ4v) is 5.93. The maximum absolute atomic E-state index is 13.8. The second-order valence-electron chi connectivity index (χ2n) is 9.93. The maximum atomic E-state index is 13.8. The topological polar surface area (TPSA) is 138 Å². The van der Waals surface area contributed by atoms with E-state index in [4.69, 9.17) is 4.74 Å². The van der Waals surface area contributed by atoms with E-state index in [0.29, 0.717) is 0 Å². The molecule has 36 heavy (non-hydrogen) atoms. The molecule has 3 N–H and O–H groups in total. The van der Waals surface area contributed by atoms with E-state index in [2.05, 4.69) is 0 Å². The van der Waals surface area contributed by atoms with Crippen LogP contribution in [0.2, 0.25) is 0 Å². The van der Waals surface area contributed by atoms with Gasteiger partial charge in [-0.2, -0.15) is 0 Å². The van der Waals surface area contributed by atoms with Gasteiger partial charge in [0.25, 0.3) is 0 Å². The zero-order chi connectivity index (χ0) is 27.2. The van der Waals surface area contributed by atoms with Crippen molar-refractivity contribution in [2.24, 2.45) is 23.2 Å². The monoisotopic (exact) mass is 496 g/mol. The number of aliphatic hydroxyl groups is 3. The molecule has 192 valence electrons. The van der Waals surface area contributed by atoms with Crippen molar-refractivity contribution in [2.45, 2.75) is 52.7 Å². The van der Waals surface area contributed by atoms with Crippen molar-refractivity contribution in [2.75, 3.05) is 0 Å². The van der Waals surface area contributed by atoms with Crippen LogP contribution in [0.25, 0.3) is 0 Å². The Morgan fingerprint density at radius 3 is 2.03 bits per heavy atom. The number of cyclic esters (lactones) is 1. The minimum absolute atomic E-state index is 0.0835. The third-order valence-corrected chi connectivity index (χ3v) is 7.68. The molecular weight excluding hydrogens is 464 g/mol. The molecule has 4 rings (SSSR count). The van der Waals surface area contributed by atoms with E-state index >= 15 is 0 Å². The number of hydrogen-bond donors (Lipinski definition) is 3. The smallest absolute Gasteiger partial charge is 0.338 e. The summed E-state index contributed by atoms with van der Waals surface area (Å²) in [6, 6.07) is 0. The number of Topliss-reactive ketones (excluding diaryl/α,β-unsaturated/α-hetero) is 2. The third-order valence-electron chi connectivity index (χ3n) is 7.68. The van der Waals surface area contributed by atoms with E-state index in [1.54, 1.807) is 38.2 Å². The first-order valence-corrected chi connectivity index (χ1v) is 11.7. The molecule has 8 nitrogen and oxygen atoms in total. The number of rotatable bonds is 6. The first-order valence-electron chi connectivity index (χ1n) is 11.7. The minimum atomic E-state index is -2.22. The SMILES string of the molecule is C/C=C/C=C/C(=O)C1[C@@H]([C@]2(C)OC(=O)C(C)=C2O)C2\C(=C(O)/C=C/C=C/C)C(=O)[C@]1(C)C(=O)[C@@]2(C)O. The summed E-state index contributed by atoms with van der Waals surface area (Å²) in [7, 11) is 0. The summed E-state index contributed by atoms with van der Waals surface area (Å²) in [6.07, 6.45) is 12.0. The van der Waals surface area contributed by atoms with E-state index in [1.807, 2.05) is 0 Å². The molecule has 0 aromatic carbocycles. The van der Waals surface area contributed by atoms with E-state index in [9.17, 15) is 34.5 Å². The number of allylic oxidation sites excluding steroid dienone is 8. The number of ketones is 3. The Morgan fingerprint density at radius 2 is 1.53 bits per heavy atom. The highest BCUT2D eigenvalue weighted by Crippen LogP contribution is 2.64. The number of esters is 1. The molecule has 3 fully saturated rings. The summed E-state index contributed by atoms with van der Waals surface area (Å²) in [5, 5.41) is 33.5. The lowest BCUT2D eigenvalue weighted by atomic mass is 9.40. The molecule has 1 heterocycles. The van der Waals surface area contributed by atoms with Crippen LogP contribution in [0.3, 0.4) is 0 Å². The van der Waals surface area contributed by atoms with Gasteiger partial charge in [0.05, 0.1) is 5.57 Å². The number of fused-ring (bicyclic) bond motifs is 3. The van der Waals surface area contributed by atoms with Crippen molar-refractivity contribution in [3.63, 3.8) is 0 Å². The highest BCUT2D eigenvalue weighted by atomic mass is 16.6. The van der Waals surface area contributed by atoms with E-state index in [0.717, 1.165) is 0 Å². The van der Waals surface area contributed by atoms with Crippen LogP contribution in [0.15, 0.2) is 71.3 Å². The summed E-state index contributed by atoms with van der Waals surface area (Å²) in [6.45, 7) is 8.72. The van der Waals surface area contributed by atoms with Crippen LogP contribution in [-0.4, -0.2) is 49.8 Å². The second kappa shape index (κ2) is 9.17. The molecule has 3 aliphatic carbocycles. The molecule has 2 bridgehead atoms. The van der Waals surface area contributed by atoms with Crippen LogP contribution < -0.4 is 0 Å². The lowest BCUT2D eigenvalue weighted by Gasteiger charge is -2.60. The molecular formula is C28H32O8. The summed E-state index contributed by atoms with van der Waals surface area (Å²) in [5.41, 5.74) is -6.53. The Labute approximate surface area is 210 Å². The van der Waals surface area contributed by atoms with E-state index < -0.39 is 69.2 Å². The van der Waals surface area contributed by atoms with Gasteiger partial charge in [-0.25, -0.2) is 4.79 Å². The Morgan fingerprint density at radius 1 is 0.972 bits per heavy atom. The fraction of sp³-hybridized carbons (Fsp3) is 0.429. The predicted molar refractivity (Wildman–Crippen MR) is 132 cm³/mol. The van der Waals surface area contributed by atoms with Crippen molar-refractivity contribution >= 4 is 23.3 Å². The summed E-state index contributed by atoms with van der Waals surface area (Å²) < 4.78 is 5.59. The van der Waals surface area contributed by atoms with Gasteiger partial charge in [0.1, 0.15) is 22.5 Å². The Balaban J connectivity index is 2.41. The van der Waals surface area contributed by atoms with Crippen molar-refractivity contribution in [3.05, 3.63) is 71.3 Å². The van der Waals surface area contributed by atoms with Gasteiger partial charge in [0, 0.05) is 23.3 Å². The van der Waals surface area contributed by atoms with Gasteiger partial charge in [-0.05, 0) is 53.7 Å². The van der Waals surface area contributed by atoms with Crippen LogP contribution in [0.1, 0.15) is 41.5 Å². The number of ether oxygens (including phenoxy) is 1. The third kappa shape index (κ3) is 3.63. The lowest BCUT2D eigenvalue weighted by Crippen LogP contribution is -2.75. The number of hydrogen-bond acceptors (Lipinski definition) is 8. The van der Waals surface area contributed by atoms with Crippen molar-refractivity contribution in [1.29, 1.82) is 0 Å².